The number of fused-ring (bicyclic) bond motifs is 20. The van der Waals surface area contributed by atoms with E-state index in [0.717, 1.165) is 43.8 Å². The van der Waals surface area contributed by atoms with E-state index in [9.17, 15) is 0 Å². The van der Waals surface area contributed by atoms with Crippen molar-refractivity contribution in [1.82, 2.24) is 39.9 Å². The molecule has 1 radical (unpaired) electrons. The molecule has 11 aromatic rings. The van der Waals surface area contributed by atoms with Crippen LogP contribution in [0.4, 0.5) is 0 Å². The maximum absolute atomic E-state index is 6.25. The minimum atomic E-state index is -1.91. The fourth-order valence-corrected chi connectivity index (χ4v) is 13.2. The molecule has 0 spiro atoms. The zero-order chi connectivity index (χ0) is 49.9. The number of benzene rings is 8. The van der Waals surface area contributed by atoms with Gasteiger partial charge in [-0.1, -0.05) is 170 Å². The van der Waals surface area contributed by atoms with Crippen molar-refractivity contribution < 1.29 is 30.0 Å². The molecule has 3 aromatic heterocycles. The minimum Gasteiger partial charge on any atom is -0.512 e. The number of rotatable bonds is 4. The summed E-state index contributed by atoms with van der Waals surface area (Å²) in [5, 5.41) is 21.6. The Morgan fingerprint density at radius 2 is 0.507 bits per heavy atom. The molecule has 73 heavy (non-hydrogen) atoms. The average Bonchev–Trinajstić information content (AvgIpc) is 4.20. The van der Waals surface area contributed by atoms with Gasteiger partial charge in [0, 0.05) is 44.8 Å². The molecule has 8 bridgehead atoms. The molecule has 0 saturated heterocycles. The molecule has 0 aliphatic carbocycles. The van der Waals surface area contributed by atoms with Crippen LogP contribution < -0.4 is 44.4 Å². The Kier molecular flexibility index (Phi) is 17.8. The van der Waals surface area contributed by atoms with Gasteiger partial charge in [0.2, 0.25) is 0 Å². The topological polar surface area (TPSA) is 153 Å². The monoisotopic (exact) mass is 1340 g/mol. The Morgan fingerprint density at radius 1 is 0.315 bits per heavy atom. The summed E-state index contributed by atoms with van der Waals surface area (Å²) in [6.07, 6.45) is 0. The van der Waals surface area contributed by atoms with Gasteiger partial charge in [-0.05, 0) is 70.1 Å². The molecule has 0 fully saturated rings. The Morgan fingerprint density at radius 3 is 0.726 bits per heavy atom. The third kappa shape index (κ3) is 10.5. The van der Waals surface area contributed by atoms with E-state index in [-0.39, 0.29) is 16.8 Å². The summed E-state index contributed by atoms with van der Waals surface area (Å²) in [4.78, 5) is 39.3. The van der Waals surface area contributed by atoms with Crippen LogP contribution in [0.15, 0.2) is 218 Å². The van der Waals surface area contributed by atoms with E-state index < -0.39 is 7.26 Å². The fraction of sp³-hybridized carbons (Fsp3) is 0. The summed E-state index contributed by atoms with van der Waals surface area (Å²) in [5.41, 5.74) is 5.78. The van der Waals surface area contributed by atoms with Crippen LogP contribution in [0.25, 0.3) is 89.7 Å². The second kappa shape index (κ2) is 24.8. The first-order chi connectivity index (χ1) is 35.6. The number of hydrogen-bond acceptors (Lipinski definition) is 8. The number of halogens is 3. The Balaban J connectivity index is 0.000000186. The summed E-state index contributed by atoms with van der Waals surface area (Å²) in [7, 11) is -1.91. The van der Waals surface area contributed by atoms with Crippen molar-refractivity contribution in [2.45, 2.75) is 0 Å². The smallest absolute Gasteiger partial charge is 0.512 e. The number of nitrogens with zero attached hydrogens (tertiary/aromatic N) is 10. The molecule has 355 valence electrons. The standard InChI is InChI=1S/C32H16N8.C24H20P.2CN.Co.I3/c1-2-10-18-17(9-1)25-33-26(18)38-28-21-13-5-6-14-22(21)30(35-28)40-32-24-16-8-7-15-23(24)31(36-32)39-29-20-12-4-3-11-19(20)27(34-29)37-25;1-5-13-21(14-6-1)25(22-15-7-2-8-16-22,23-17-9-3-10-18-23)24-19-11-4-12-20-24;2*1-2;;1-3-2/h1-16H;1-20H;;;;/q-2;+1;2*-1;+2;-1. The van der Waals surface area contributed by atoms with E-state index in [0.29, 0.717) is 59.1 Å². The SMILES string of the molecule is I[I-]I.[C-]#N.[C-]#N.[Co+2].c1ccc([P+](c2ccccc2)(c2ccccc2)c2ccccc2)cc1.c1ccc2c(c1)-c1nc-2nc2[n-]c(nc3nc(nc4[n-]c(n1)c1ccccc41)-c1ccccc1-3)c1ccccc21. The van der Waals surface area contributed by atoms with Gasteiger partial charge >= 0.3 is 67.3 Å². The van der Waals surface area contributed by atoms with Crippen LogP contribution in [0.3, 0.4) is 0 Å². The fourth-order valence-electron chi connectivity index (χ4n) is 8.96. The van der Waals surface area contributed by atoms with Crippen LogP contribution in [-0.2, 0) is 16.8 Å². The van der Waals surface area contributed by atoms with E-state index in [4.69, 9.17) is 63.5 Å². The van der Waals surface area contributed by atoms with Crippen LogP contribution in [0.5, 0.6) is 0 Å². The molecular weight excluding hydrogens is 1310 g/mol. The van der Waals surface area contributed by atoms with E-state index in [2.05, 4.69) is 159 Å². The van der Waals surface area contributed by atoms with Crippen LogP contribution in [0.1, 0.15) is 0 Å². The summed E-state index contributed by atoms with van der Waals surface area (Å²) in [6.45, 7) is 9.50. The quantitative estimate of drug-likeness (QED) is 0.0947. The molecule has 2 aliphatic heterocycles. The second-order valence-electron chi connectivity index (χ2n) is 15.7. The Labute approximate surface area is 462 Å². The van der Waals surface area contributed by atoms with Crippen molar-refractivity contribution >= 4 is 110 Å². The molecule has 5 heterocycles. The second-order valence-corrected chi connectivity index (χ2v) is 35.4. The van der Waals surface area contributed by atoms with Gasteiger partial charge < -0.3 is 53.6 Å². The van der Waals surface area contributed by atoms with E-state index in [1.165, 1.54) is 21.2 Å². The molecule has 13 rings (SSSR count). The van der Waals surface area contributed by atoms with Crippen molar-refractivity contribution in [2.75, 3.05) is 0 Å². The van der Waals surface area contributed by atoms with E-state index in [1.807, 2.05) is 97.1 Å². The maximum Gasteiger partial charge on any atom is 2.00 e. The van der Waals surface area contributed by atoms with Crippen LogP contribution in [-0.4, -0.2) is 29.9 Å². The molecule has 8 aromatic carbocycles. The predicted octanol–water partition coefficient (Wildman–Crippen LogP) is 9.40. The van der Waals surface area contributed by atoms with Crippen molar-refractivity contribution in [3.05, 3.63) is 232 Å². The molecule has 0 saturated carbocycles. The summed E-state index contributed by atoms with van der Waals surface area (Å²) in [5.74, 6) is 2.21. The van der Waals surface area contributed by atoms with Gasteiger partial charge in [0.05, 0.1) is 23.3 Å². The number of hydrogen-bond donors (Lipinski definition) is 0. The normalized spacial score (nSPS) is 10.8. The first kappa shape index (κ1) is 52.5. The zero-order valence-corrected chi connectivity index (χ0v) is 46.6. The van der Waals surface area contributed by atoms with Gasteiger partial charge in [-0.3, -0.25) is 0 Å². The molecule has 15 heteroatoms. The van der Waals surface area contributed by atoms with Gasteiger partial charge in [-0.25, -0.2) is 9.97 Å². The predicted molar refractivity (Wildman–Crippen MR) is 303 cm³/mol. The first-order valence-electron chi connectivity index (χ1n) is 22.2. The molecular formula is C58H36CoI3N10P-2. The van der Waals surface area contributed by atoms with Crippen molar-refractivity contribution in [1.29, 1.82) is 10.5 Å². The maximum atomic E-state index is 6.25. The van der Waals surface area contributed by atoms with Gasteiger partial charge in [-0.2, -0.15) is 0 Å². The molecule has 2 aliphatic rings. The molecule has 0 unspecified atom stereocenters. The molecule has 0 N–H and O–H groups in total. The van der Waals surface area contributed by atoms with Crippen LogP contribution in [0.2, 0.25) is 0 Å². The largest absolute Gasteiger partial charge is 2.00 e. The summed E-state index contributed by atoms with van der Waals surface area (Å²) in [6, 6.07) is 75.7. The van der Waals surface area contributed by atoms with Gasteiger partial charge in [0.1, 0.15) is 28.5 Å². The van der Waals surface area contributed by atoms with Crippen molar-refractivity contribution in [3.63, 3.8) is 0 Å². The third-order valence-corrected chi connectivity index (χ3v) is 16.2. The van der Waals surface area contributed by atoms with Gasteiger partial charge in [-0.15, -0.1) is 0 Å². The van der Waals surface area contributed by atoms with Crippen molar-refractivity contribution in [2.24, 2.45) is 0 Å². The van der Waals surface area contributed by atoms with E-state index in [1.54, 1.807) is 0 Å². The van der Waals surface area contributed by atoms with Crippen LogP contribution in [0, 0.1) is 23.7 Å². The molecule has 0 atom stereocenters. The van der Waals surface area contributed by atoms with Gasteiger partial charge in [0.15, 0.2) is 0 Å². The molecule has 0 amide bonds. The molecule has 10 nitrogen and oxygen atoms in total. The Bertz CT molecular complexity index is 3390. The van der Waals surface area contributed by atoms with Crippen molar-refractivity contribution in [3.8, 4) is 45.6 Å². The Hall–Kier alpha value is -6.77. The third-order valence-electron chi connectivity index (χ3n) is 11.9. The van der Waals surface area contributed by atoms with E-state index >= 15 is 0 Å². The summed E-state index contributed by atoms with van der Waals surface area (Å²) >= 11 is 5.30. The van der Waals surface area contributed by atoms with Crippen LogP contribution >= 0.6 is 44.5 Å². The average molecular weight is 1340 g/mol. The first-order valence-corrected chi connectivity index (χ1v) is 36.5. The van der Waals surface area contributed by atoms with Gasteiger partial charge in [0.25, 0.3) is 0 Å². The minimum absolute atomic E-state index is 0. The number of aromatic nitrogens is 8. The summed E-state index contributed by atoms with van der Waals surface area (Å²) < 4.78 is 0. The zero-order valence-electron chi connectivity index (χ0n) is 38.2.